The van der Waals surface area contributed by atoms with Crippen molar-refractivity contribution in [1.29, 1.82) is 0 Å². The van der Waals surface area contributed by atoms with Gasteiger partial charge in [-0.1, -0.05) is 73.1 Å². The topological polar surface area (TPSA) is 9.23 Å². The molecule has 122 valence electrons. The first kappa shape index (κ1) is 16.7. The van der Waals surface area contributed by atoms with E-state index in [1.807, 2.05) is 0 Å². The molecule has 1 aliphatic rings. The Bertz CT molecular complexity index is 540. The fourth-order valence-electron chi connectivity index (χ4n) is 3.77. The maximum Gasteiger partial charge on any atom is 0.189 e. The van der Waals surface area contributed by atoms with E-state index >= 15 is 0 Å². The maximum atomic E-state index is 6.22. The number of benzene rings is 2. The molecule has 1 heterocycles. The summed E-state index contributed by atoms with van der Waals surface area (Å²) >= 11 is 0. The Hall–Kier alpha value is -1.17. The third-order valence-electron chi connectivity index (χ3n) is 5.15. The van der Waals surface area contributed by atoms with Crippen LogP contribution in [0.3, 0.4) is 0 Å². The molecule has 1 atom stereocenters. The highest BCUT2D eigenvalue weighted by atomic mass is 28.4. The average Bonchev–Trinajstić information content (AvgIpc) is 2.61. The van der Waals surface area contributed by atoms with Crippen LogP contribution in [0.15, 0.2) is 60.7 Å². The van der Waals surface area contributed by atoms with Crippen LogP contribution in [0.4, 0.5) is 0 Å². The van der Waals surface area contributed by atoms with Gasteiger partial charge in [0.15, 0.2) is 8.32 Å². The molecule has 2 aromatic rings. The molecule has 1 fully saturated rings. The smallest absolute Gasteiger partial charge is 0.189 e. The van der Waals surface area contributed by atoms with E-state index in [0.717, 1.165) is 6.61 Å². The average molecular weight is 341 g/mol. The first-order valence-electron chi connectivity index (χ1n) is 9.01. The van der Waals surface area contributed by atoms with Gasteiger partial charge < -0.3 is 4.43 Å². The third kappa shape index (κ3) is 4.66. The van der Waals surface area contributed by atoms with E-state index in [4.69, 9.17) is 4.43 Å². The highest BCUT2D eigenvalue weighted by Gasteiger charge is 2.31. The van der Waals surface area contributed by atoms with Gasteiger partial charge in [-0.3, -0.25) is 0 Å². The molecule has 0 spiro atoms. The van der Waals surface area contributed by atoms with Crippen LogP contribution in [0.2, 0.25) is 24.7 Å². The second-order valence-corrected chi connectivity index (χ2v) is 13.3. The van der Waals surface area contributed by atoms with E-state index in [9.17, 15) is 0 Å². The molecule has 0 N–H and O–H groups in total. The Labute approximate surface area is 144 Å². The standard InChI is InChI=1S/C20H28OSi2/c1-23(16-9-8-14-21-23)17-15-22-20(18-10-4-2-5-11-18)19-12-6-3-7-13-19/h2-7,10-13,20H,8-9,14-17,22H2,1H3. The largest absolute Gasteiger partial charge is 0.417 e. The molecule has 3 heteroatoms. The van der Waals surface area contributed by atoms with Gasteiger partial charge in [0.2, 0.25) is 0 Å². The Morgan fingerprint density at radius 3 is 2.09 bits per heavy atom. The van der Waals surface area contributed by atoms with E-state index in [1.165, 1.54) is 42.1 Å². The van der Waals surface area contributed by atoms with Crippen LogP contribution < -0.4 is 0 Å². The van der Waals surface area contributed by atoms with E-state index in [-0.39, 0.29) is 9.52 Å². The monoisotopic (exact) mass is 340 g/mol. The predicted octanol–water partition coefficient (Wildman–Crippen LogP) is 4.75. The summed E-state index contributed by atoms with van der Waals surface area (Å²) in [5.74, 6) is 0. The van der Waals surface area contributed by atoms with Crippen LogP contribution in [0.25, 0.3) is 0 Å². The normalized spacial score (nSPS) is 22.0. The second kappa shape index (κ2) is 8.09. The molecule has 0 radical (unpaired) electrons. The zero-order valence-electron chi connectivity index (χ0n) is 14.2. The number of rotatable bonds is 6. The van der Waals surface area contributed by atoms with Crippen LogP contribution in [0.5, 0.6) is 0 Å². The molecule has 0 saturated carbocycles. The SMILES string of the molecule is C[Si]1(CC[SiH2]C(c2ccccc2)c2ccccc2)CCCCO1. The molecule has 1 aliphatic heterocycles. The van der Waals surface area contributed by atoms with Crippen molar-refractivity contribution in [2.24, 2.45) is 0 Å². The van der Waals surface area contributed by atoms with Crippen molar-refractivity contribution >= 4 is 17.8 Å². The van der Waals surface area contributed by atoms with Crippen LogP contribution >= 0.6 is 0 Å². The quantitative estimate of drug-likeness (QED) is 0.690. The molecule has 1 saturated heterocycles. The van der Waals surface area contributed by atoms with Gasteiger partial charge in [0.05, 0.1) is 0 Å². The van der Waals surface area contributed by atoms with E-state index in [2.05, 4.69) is 67.2 Å². The molecule has 0 bridgehead atoms. The second-order valence-electron chi connectivity index (χ2n) is 7.02. The lowest BCUT2D eigenvalue weighted by Crippen LogP contribution is -2.38. The summed E-state index contributed by atoms with van der Waals surface area (Å²) in [4.78, 5) is 0. The molecule has 3 rings (SSSR count). The number of hydrogen-bond acceptors (Lipinski definition) is 1. The summed E-state index contributed by atoms with van der Waals surface area (Å²) in [6.07, 6.45) is 2.67. The highest BCUT2D eigenvalue weighted by molar-refractivity contribution is 6.73. The molecule has 1 nitrogen and oxygen atoms in total. The van der Waals surface area contributed by atoms with Gasteiger partial charge in [0.25, 0.3) is 0 Å². The molecule has 23 heavy (non-hydrogen) atoms. The molecular weight excluding hydrogens is 312 g/mol. The van der Waals surface area contributed by atoms with Crippen LogP contribution in [0, 0.1) is 0 Å². The summed E-state index contributed by atoms with van der Waals surface area (Å²) in [7, 11) is -1.57. The van der Waals surface area contributed by atoms with Crippen molar-refractivity contribution < 1.29 is 4.43 Å². The van der Waals surface area contributed by atoms with E-state index < -0.39 is 8.32 Å². The fraction of sp³-hybridized carbons (Fsp3) is 0.400. The molecule has 2 aromatic carbocycles. The minimum atomic E-state index is -1.37. The summed E-state index contributed by atoms with van der Waals surface area (Å²) < 4.78 is 6.22. The Balaban J connectivity index is 1.67. The highest BCUT2D eigenvalue weighted by Crippen LogP contribution is 2.30. The van der Waals surface area contributed by atoms with Gasteiger partial charge in [-0.25, -0.2) is 0 Å². The fourth-order valence-corrected chi connectivity index (χ4v) is 11.4. The number of hydrogen-bond donors (Lipinski definition) is 0. The molecule has 0 aromatic heterocycles. The van der Waals surface area contributed by atoms with Gasteiger partial charge in [0, 0.05) is 16.1 Å². The maximum absolute atomic E-state index is 6.22. The summed E-state index contributed by atoms with van der Waals surface area (Å²) in [5.41, 5.74) is 3.65. The Kier molecular flexibility index (Phi) is 5.87. The molecule has 0 aliphatic carbocycles. The molecular formula is C20H28OSi2. The van der Waals surface area contributed by atoms with Gasteiger partial charge >= 0.3 is 0 Å². The molecule has 0 amide bonds. The molecule has 1 unspecified atom stereocenters. The van der Waals surface area contributed by atoms with Crippen molar-refractivity contribution in [3.63, 3.8) is 0 Å². The minimum absolute atomic E-state index is 0.199. The van der Waals surface area contributed by atoms with Crippen LogP contribution in [0.1, 0.15) is 29.5 Å². The lowest BCUT2D eigenvalue weighted by Gasteiger charge is -2.32. The van der Waals surface area contributed by atoms with Crippen molar-refractivity contribution in [2.75, 3.05) is 6.61 Å². The van der Waals surface area contributed by atoms with Crippen LogP contribution in [-0.4, -0.2) is 24.4 Å². The van der Waals surface area contributed by atoms with Crippen molar-refractivity contribution in [1.82, 2.24) is 0 Å². The van der Waals surface area contributed by atoms with Crippen molar-refractivity contribution in [3.8, 4) is 0 Å². The minimum Gasteiger partial charge on any atom is -0.417 e. The first-order chi connectivity index (χ1) is 11.3. The van der Waals surface area contributed by atoms with Crippen molar-refractivity contribution in [3.05, 3.63) is 71.8 Å². The van der Waals surface area contributed by atoms with Gasteiger partial charge in [-0.05, 0) is 41.7 Å². The lowest BCUT2D eigenvalue weighted by molar-refractivity contribution is 0.271. The predicted molar refractivity (Wildman–Crippen MR) is 104 cm³/mol. The summed E-state index contributed by atoms with van der Waals surface area (Å²) in [6.45, 7) is 3.48. The lowest BCUT2D eigenvalue weighted by atomic mass is 10.0. The van der Waals surface area contributed by atoms with E-state index in [1.54, 1.807) is 0 Å². The summed E-state index contributed by atoms with van der Waals surface area (Å²) in [5, 5.41) is 0. The van der Waals surface area contributed by atoms with Crippen molar-refractivity contribution in [2.45, 2.75) is 43.1 Å². The van der Waals surface area contributed by atoms with Gasteiger partial charge in [-0.2, -0.15) is 0 Å². The van der Waals surface area contributed by atoms with Gasteiger partial charge in [0.1, 0.15) is 0 Å². The zero-order valence-corrected chi connectivity index (χ0v) is 16.6. The third-order valence-corrected chi connectivity index (χ3v) is 11.9. The summed E-state index contributed by atoms with van der Waals surface area (Å²) in [6, 6.07) is 26.4. The van der Waals surface area contributed by atoms with Crippen LogP contribution in [-0.2, 0) is 4.43 Å². The Morgan fingerprint density at radius 2 is 1.57 bits per heavy atom. The first-order valence-corrected chi connectivity index (χ1v) is 13.6. The van der Waals surface area contributed by atoms with E-state index in [0.29, 0.717) is 5.54 Å². The Morgan fingerprint density at radius 1 is 0.957 bits per heavy atom. The van der Waals surface area contributed by atoms with Gasteiger partial charge in [-0.15, -0.1) is 0 Å². The zero-order chi connectivity index (χ0) is 16.0.